The van der Waals surface area contributed by atoms with Crippen LogP contribution in [0.1, 0.15) is 30.9 Å². The van der Waals surface area contributed by atoms with Crippen molar-refractivity contribution in [2.75, 3.05) is 18.8 Å². The summed E-state index contributed by atoms with van der Waals surface area (Å²) < 4.78 is 26.3. The van der Waals surface area contributed by atoms with E-state index in [0.717, 1.165) is 30.6 Å². The number of aryl methyl sites for hydroxylation is 1. The van der Waals surface area contributed by atoms with Gasteiger partial charge in [-0.25, -0.2) is 13.1 Å². The maximum atomic E-state index is 11.8. The van der Waals surface area contributed by atoms with Crippen molar-refractivity contribution in [2.24, 2.45) is 0 Å². The molecule has 0 aliphatic heterocycles. The lowest BCUT2D eigenvalue weighted by atomic mass is 10.1. The number of rotatable bonds is 9. The minimum Gasteiger partial charge on any atom is -0.317 e. The molecule has 0 bridgehead atoms. The van der Waals surface area contributed by atoms with E-state index in [9.17, 15) is 8.42 Å². The molecule has 0 fully saturated rings. The molecule has 19 heavy (non-hydrogen) atoms. The first-order chi connectivity index (χ1) is 9.05. The Labute approximate surface area is 116 Å². The summed E-state index contributed by atoms with van der Waals surface area (Å²) in [6.07, 6.45) is 1.58. The highest BCUT2D eigenvalue weighted by atomic mass is 32.2. The molecule has 0 saturated heterocycles. The van der Waals surface area contributed by atoms with E-state index in [0.29, 0.717) is 13.0 Å². The number of hydrogen-bond acceptors (Lipinski definition) is 3. The quantitative estimate of drug-likeness (QED) is 0.680. The van der Waals surface area contributed by atoms with Gasteiger partial charge in [-0.15, -0.1) is 0 Å². The Morgan fingerprint density at radius 1 is 1.16 bits per heavy atom. The molecule has 0 amide bonds. The zero-order chi connectivity index (χ0) is 14.1. The van der Waals surface area contributed by atoms with Crippen molar-refractivity contribution in [3.63, 3.8) is 0 Å². The number of sulfonamides is 1. The van der Waals surface area contributed by atoms with Crippen LogP contribution in [0.5, 0.6) is 0 Å². The Morgan fingerprint density at radius 3 is 2.58 bits per heavy atom. The van der Waals surface area contributed by atoms with E-state index in [1.165, 1.54) is 0 Å². The van der Waals surface area contributed by atoms with Crippen molar-refractivity contribution in [2.45, 2.75) is 33.2 Å². The van der Waals surface area contributed by atoms with Gasteiger partial charge in [0.15, 0.2) is 0 Å². The van der Waals surface area contributed by atoms with Gasteiger partial charge in [0.05, 0.1) is 5.75 Å². The van der Waals surface area contributed by atoms with Gasteiger partial charge >= 0.3 is 0 Å². The molecule has 0 saturated carbocycles. The van der Waals surface area contributed by atoms with Crippen LogP contribution < -0.4 is 10.0 Å². The predicted molar refractivity (Wildman–Crippen MR) is 79.6 cm³/mol. The van der Waals surface area contributed by atoms with Gasteiger partial charge in [0.25, 0.3) is 0 Å². The molecule has 1 aromatic carbocycles. The van der Waals surface area contributed by atoms with Gasteiger partial charge in [-0.1, -0.05) is 31.2 Å². The topological polar surface area (TPSA) is 58.2 Å². The maximum Gasteiger partial charge on any atom is 0.211 e. The molecular formula is C14H24N2O2S. The minimum absolute atomic E-state index is 0.199. The zero-order valence-electron chi connectivity index (χ0n) is 11.8. The summed E-state index contributed by atoms with van der Waals surface area (Å²) in [6, 6.07) is 7.81. The molecule has 4 nitrogen and oxygen atoms in total. The van der Waals surface area contributed by atoms with Crippen molar-refractivity contribution in [3.8, 4) is 0 Å². The van der Waals surface area contributed by atoms with Gasteiger partial charge in [0.2, 0.25) is 10.0 Å². The van der Waals surface area contributed by atoms with E-state index in [1.54, 1.807) is 0 Å². The van der Waals surface area contributed by atoms with E-state index < -0.39 is 10.0 Å². The lowest BCUT2D eigenvalue weighted by Gasteiger charge is -2.08. The molecular weight excluding hydrogens is 260 g/mol. The largest absolute Gasteiger partial charge is 0.317 e. The number of hydrogen-bond donors (Lipinski definition) is 2. The molecule has 0 spiro atoms. The standard InChI is InChI=1S/C14H24N2O2S/c1-3-15-10-6-7-11-19(17,18)16-12-14-9-5-4-8-13(14)2/h4-5,8-9,15-16H,3,6-7,10-12H2,1-2H3. The molecule has 0 aromatic heterocycles. The molecule has 1 rings (SSSR count). The Bertz CT molecular complexity index is 472. The molecule has 0 unspecified atom stereocenters. The molecule has 0 aliphatic carbocycles. The van der Waals surface area contributed by atoms with Crippen molar-refractivity contribution in [1.29, 1.82) is 0 Å². The van der Waals surface area contributed by atoms with Crippen LogP contribution in [-0.2, 0) is 16.6 Å². The van der Waals surface area contributed by atoms with E-state index >= 15 is 0 Å². The molecule has 0 atom stereocenters. The third-order valence-electron chi connectivity index (χ3n) is 3.01. The number of benzene rings is 1. The van der Waals surface area contributed by atoms with E-state index in [4.69, 9.17) is 0 Å². The summed E-state index contributed by atoms with van der Waals surface area (Å²) in [5.41, 5.74) is 2.14. The summed E-state index contributed by atoms with van der Waals surface area (Å²) in [5, 5.41) is 3.18. The van der Waals surface area contributed by atoms with Crippen LogP contribution >= 0.6 is 0 Å². The summed E-state index contributed by atoms with van der Waals surface area (Å²) in [6.45, 7) is 6.21. The third-order valence-corrected chi connectivity index (χ3v) is 4.42. The van der Waals surface area contributed by atoms with Crippen molar-refractivity contribution >= 4 is 10.0 Å². The Kier molecular flexibility index (Phi) is 7.05. The first-order valence-corrected chi connectivity index (χ1v) is 8.43. The monoisotopic (exact) mass is 284 g/mol. The highest BCUT2D eigenvalue weighted by molar-refractivity contribution is 7.89. The summed E-state index contributed by atoms with van der Waals surface area (Å²) >= 11 is 0. The predicted octanol–water partition coefficient (Wildman–Crippen LogP) is 1.80. The third kappa shape index (κ3) is 6.71. The first-order valence-electron chi connectivity index (χ1n) is 6.77. The van der Waals surface area contributed by atoms with Gasteiger partial charge in [-0.05, 0) is 44.0 Å². The molecule has 0 heterocycles. The van der Waals surface area contributed by atoms with Gasteiger partial charge in [0, 0.05) is 6.54 Å². The second-order valence-corrected chi connectivity index (χ2v) is 6.55. The van der Waals surface area contributed by atoms with Gasteiger partial charge in [-0.3, -0.25) is 0 Å². The highest BCUT2D eigenvalue weighted by Gasteiger charge is 2.09. The van der Waals surface area contributed by atoms with Crippen molar-refractivity contribution in [1.82, 2.24) is 10.0 Å². The van der Waals surface area contributed by atoms with E-state index in [1.807, 2.05) is 38.1 Å². The molecule has 0 radical (unpaired) electrons. The minimum atomic E-state index is -3.16. The Balaban J connectivity index is 2.33. The van der Waals surface area contributed by atoms with Gasteiger partial charge < -0.3 is 5.32 Å². The van der Waals surface area contributed by atoms with Crippen LogP contribution in [0.3, 0.4) is 0 Å². The fraction of sp³-hybridized carbons (Fsp3) is 0.571. The van der Waals surface area contributed by atoms with E-state index in [2.05, 4.69) is 10.0 Å². The zero-order valence-corrected chi connectivity index (χ0v) is 12.6. The summed E-state index contributed by atoms with van der Waals surface area (Å²) in [5.74, 6) is 0.199. The highest BCUT2D eigenvalue weighted by Crippen LogP contribution is 2.07. The summed E-state index contributed by atoms with van der Waals surface area (Å²) in [7, 11) is -3.16. The van der Waals surface area contributed by atoms with E-state index in [-0.39, 0.29) is 5.75 Å². The fourth-order valence-electron chi connectivity index (χ4n) is 1.79. The van der Waals surface area contributed by atoms with Crippen LogP contribution in [0, 0.1) is 6.92 Å². The first kappa shape index (κ1) is 16.1. The summed E-state index contributed by atoms with van der Waals surface area (Å²) in [4.78, 5) is 0. The number of nitrogens with one attached hydrogen (secondary N) is 2. The van der Waals surface area contributed by atoms with Crippen LogP contribution in [-0.4, -0.2) is 27.3 Å². The Hall–Kier alpha value is -0.910. The van der Waals surface area contributed by atoms with Crippen molar-refractivity contribution in [3.05, 3.63) is 35.4 Å². The second-order valence-electron chi connectivity index (χ2n) is 4.63. The van der Waals surface area contributed by atoms with Crippen LogP contribution in [0.4, 0.5) is 0 Å². The molecule has 108 valence electrons. The molecule has 5 heteroatoms. The van der Waals surface area contributed by atoms with Crippen LogP contribution in [0.25, 0.3) is 0 Å². The normalized spacial score (nSPS) is 11.7. The molecule has 0 aliphatic rings. The van der Waals surface area contributed by atoms with Crippen molar-refractivity contribution < 1.29 is 8.42 Å². The molecule has 2 N–H and O–H groups in total. The maximum absolute atomic E-state index is 11.8. The number of unbranched alkanes of at least 4 members (excludes halogenated alkanes) is 1. The van der Waals surface area contributed by atoms with Crippen LogP contribution in [0.15, 0.2) is 24.3 Å². The van der Waals surface area contributed by atoms with Gasteiger partial charge in [-0.2, -0.15) is 0 Å². The van der Waals surface area contributed by atoms with Crippen LogP contribution in [0.2, 0.25) is 0 Å². The SMILES string of the molecule is CCNCCCCS(=O)(=O)NCc1ccccc1C. The van der Waals surface area contributed by atoms with Gasteiger partial charge in [0.1, 0.15) is 0 Å². The smallest absolute Gasteiger partial charge is 0.211 e. The molecule has 1 aromatic rings. The average Bonchev–Trinajstić information content (AvgIpc) is 2.37. The second kappa shape index (κ2) is 8.30. The average molecular weight is 284 g/mol. The Morgan fingerprint density at radius 2 is 1.89 bits per heavy atom. The fourth-order valence-corrected chi connectivity index (χ4v) is 2.89. The lowest BCUT2D eigenvalue weighted by Crippen LogP contribution is -2.26. The lowest BCUT2D eigenvalue weighted by molar-refractivity contribution is 0.574.